The second kappa shape index (κ2) is 12.9. The van der Waals surface area contributed by atoms with Crippen molar-refractivity contribution < 1.29 is 70.4 Å². The smallest absolute Gasteiger partial charge is 0.652 e. The van der Waals surface area contributed by atoms with Gasteiger partial charge in [0.15, 0.2) is 5.97 Å². The fourth-order valence-electron chi connectivity index (χ4n) is 0. The number of hydrogen-bond donors (Lipinski definition) is 1. The number of carbonyl (C=O) groups excluding carboxylic acids is 2. The fraction of sp³-hybridized carbons (Fsp3) is 0. The monoisotopic (exact) mass is 215 g/mol. The van der Waals surface area contributed by atoms with Gasteiger partial charge in [-0.3, -0.25) is 0 Å². The van der Waals surface area contributed by atoms with Crippen LogP contribution >= 0.6 is 0 Å². The van der Waals surface area contributed by atoms with Crippen molar-refractivity contribution in [1.82, 2.24) is 0 Å². The Morgan fingerprint density at radius 2 is 1.08 bits per heavy atom. The zero-order valence-electron chi connectivity index (χ0n) is 5.73. The second-order valence-corrected chi connectivity index (χ2v) is 0.843. The first-order valence-electron chi connectivity index (χ1n) is 1.70. The van der Waals surface area contributed by atoms with Crippen molar-refractivity contribution in [2.45, 2.75) is 0 Å². The van der Waals surface area contributed by atoms with Crippen LogP contribution in [0.3, 0.4) is 0 Å². The first kappa shape index (κ1) is 22.5. The summed E-state index contributed by atoms with van der Waals surface area (Å²) >= 11 is 0. The fourth-order valence-corrected chi connectivity index (χ4v) is 0. The summed E-state index contributed by atoms with van der Waals surface area (Å²) in [5.74, 6) is -4.01. The predicted octanol–water partition coefficient (Wildman–Crippen LogP) is -7.62. The van der Waals surface area contributed by atoms with Gasteiger partial charge in [-0.15, -0.1) is 0 Å². The molecule has 0 heterocycles. The molecule has 1 radical (unpaired) electrons. The molecule has 0 aliphatic carbocycles. The Labute approximate surface area is 88.8 Å². The van der Waals surface area contributed by atoms with Gasteiger partial charge in [0.1, 0.15) is 0 Å². The maximum absolute atomic E-state index is 9.04. The van der Waals surface area contributed by atoms with Gasteiger partial charge < -0.3 is 30.0 Å². The molecule has 12 heavy (non-hydrogen) atoms. The van der Waals surface area contributed by atoms with E-state index in [2.05, 4.69) is 0 Å². The molecule has 0 aromatic heterocycles. The number of aliphatic carboxylic acids is 2. The molecule has 0 saturated carbocycles. The molecule has 0 bridgehead atoms. The molecule has 0 unspecified atom stereocenters. The van der Waals surface area contributed by atoms with E-state index in [0.29, 0.717) is 0 Å². The molecule has 0 rings (SSSR count). The third-order valence-electron chi connectivity index (χ3n) is 0.175. The summed E-state index contributed by atoms with van der Waals surface area (Å²) in [6, 6.07) is 0. The molecule has 0 saturated heterocycles. The Kier molecular flexibility index (Phi) is 24.3. The Balaban J connectivity index is -0.0000000483. The summed E-state index contributed by atoms with van der Waals surface area (Å²) in [6.07, 6.45) is -2.33. The van der Waals surface area contributed by atoms with Crippen LogP contribution in [0.2, 0.25) is 0 Å². The Bertz CT molecular complexity index is 141. The molecule has 7 nitrogen and oxygen atoms in total. The summed E-state index contributed by atoms with van der Waals surface area (Å²) in [4.78, 5) is 26.4. The van der Waals surface area contributed by atoms with Gasteiger partial charge >= 0.3 is 41.6 Å². The van der Waals surface area contributed by atoms with Crippen molar-refractivity contribution in [1.29, 1.82) is 0 Å². The molecule has 0 aromatic rings. The van der Waals surface area contributed by atoms with Crippen LogP contribution in [-0.2, 0) is 26.4 Å². The van der Waals surface area contributed by atoms with Gasteiger partial charge in [0, 0.05) is 0 Å². The number of hydrogen-bond acceptors (Lipinski definition) is 6. The van der Waals surface area contributed by atoms with E-state index in [1.165, 1.54) is 0 Å². The Hall–Kier alpha value is -0.686. The van der Waals surface area contributed by atoms with E-state index < -0.39 is 18.1 Å². The third-order valence-corrected chi connectivity index (χ3v) is 0.175. The van der Waals surface area contributed by atoms with Gasteiger partial charge in [-0.1, -0.05) is 0 Å². The van der Waals surface area contributed by atoms with Crippen molar-refractivity contribution in [3.8, 4) is 0 Å². The van der Waals surface area contributed by atoms with Crippen LogP contribution in [-0.4, -0.2) is 23.2 Å². The van der Waals surface area contributed by atoms with Gasteiger partial charge in [0.2, 0.25) is 0 Å². The third kappa shape index (κ3) is 58.6. The number of carboxylic acids is 2. The normalized spacial score (nSPS) is 5.67. The first-order chi connectivity index (χ1) is 4.37. The average molecular weight is 215 g/mol. The van der Waals surface area contributed by atoms with Gasteiger partial charge in [-0.2, -0.15) is 0 Å². The van der Waals surface area contributed by atoms with E-state index in [1.807, 2.05) is 0 Å². The van der Waals surface area contributed by atoms with Gasteiger partial charge in [-0.05, 0) is 6.16 Å². The van der Waals surface area contributed by atoms with E-state index in [0.717, 1.165) is 0 Å². The van der Waals surface area contributed by atoms with Crippen molar-refractivity contribution in [2.24, 2.45) is 0 Å². The van der Waals surface area contributed by atoms with Gasteiger partial charge in [-0.25, -0.2) is 4.79 Å². The SMILES string of the molecule is O=C([O-])C(=O)O.O=C([O-])[O-].[Co+2].[Li+]. The maximum Gasteiger partial charge on any atom is 2.00 e. The Morgan fingerprint density at radius 3 is 1.08 bits per heavy atom. The predicted molar refractivity (Wildman–Crippen MR) is 18.0 cm³/mol. The molecule has 0 aromatic carbocycles. The van der Waals surface area contributed by atoms with Crippen molar-refractivity contribution in [3.05, 3.63) is 0 Å². The first-order valence-corrected chi connectivity index (χ1v) is 1.70. The minimum absolute atomic E-state index is 0. The van der Waals surface area contributed by atoms with Crippen molar-refractivity contribution in [3.63, 3.8) is 0 Å². The molecule has 0 aliphatic rings. The van der Waals surface area contributed by atoms with Crippen LogP contribution < -0.4 is 34.2 Å². The molecular weight excluding hydrogens is 214 g/mol. The summed E-state index contributed by atoms with van der Waals surface area (Å²) in [7, 11) is 0. The molecule has 65 valence electrons. The number of carboxylic acid groups (broad SMARTS) is 4. The van der Waals surface area contributed by atoms with Crippen molar-refractivity contribution in [2.75, 3.05) is 0 Å². The van der Waals surface area contributed by atoms with Crippen LogP contribution in [0.5, 0.6) is 0 Å². The van der Waals surface area contributed by atoms with E-state index >= 15 is 0 Å². The molecule has 9 heteroatoms. The minimum Gasteiger partial charge on any atom is -0.652 e. The Morgan fingerprint density at radius 1 is 1.00 bits per heavy atom. The van der Waals surface area contributed by atoms with E-state index in [-0.39, 0.29) is 35.6 Å². The van der Waals surface area contributed by atoms with Crippen LogP contribution in [0.15, 0.2) is 0 Å². The van der Waals surface area contributed by atoms with E-state index in [1.54, 1.807) is 0 Å². The summed E-state index contributed by atoms with van der Waals surface area (Å²) in [6.45, 7) is 0. The molecule has 0 amide bonds. The second-order valence-electron chi connectivity index (χ2n) is 0.843. The quantitative estimate of drug-likeness (QED) is 0.312. The minimum atomic E-state index is -2.33. The summed E-state index contributed by atoms with van der Waals surface area (Å²) < 4.78 is 0. The number of rotatable bonds is 0. The maximum atomic E-state index is 9.04. The van der Waals surface area contributed by atoms with Crippen LogP contribution in [0.25, 0.3) is 0 Å². The van der Waals surface area contributed by atoms with Crippen LogP contribution in [0.1, 0.15) is 0 Å². The molecule has 0 spiro atoms. The summed E-state index contributed by atoms with van der Waals surface area (Å²) in [5, 5.41) is 33.0. The molecule has 1 N–H and O–H groups in total. The largest absolute Gasteiger partial charge is 2.00 e. The zero-order valence-corrected chi connectivity index (χ0v) is 6.77. The standard InChI is InChI=1S/C2H2O4.CH2O3.Co.Li/c3-1(4)2(5)6;2-1(3)4;;/h(H,3,4)(H,5,6);(H2,2,3,4);;/q;;+2;+1/p-3. The average Bonchev–Trinajstić information content (AvgIpc) is 1.63. The van der Waals surface area contributed by atoms with E-state index in [9.17, 15) is 0 Å². The van der Waals surface area contributed by atoms with Crippen molar-refractivity contribution >= 4 is 18.1 Å². The molecular formula is C3HCoLiO7. The summed E-state index contributed by atoms with van der Waals surface area (Å²) in [5.41, 5.74) is 0. The van der Waals surface area contributed by atoms with Crippen LogP contribution in [0, 0.1) is 0 Å². The van der Waals surface area contributed by atoms with Gasteiger partial charge in [0.25, 0.3) is 0 Å². The number of carbonyl (C=O) groups is 3. The topological polar surface area (TPSA) is 141 Å². The molecule has 0 aliphatic heterocycles. The van der Waals surface area contributed by atoms with Crippen LogP contribution in [0.4, 0.5) is 4.79 Å². The van der Waals surface area contributed by atoms with E-state index in [4.69, 9.17) is 34.8 Å². The van der Waals surface area contributed by atoms with Gasteiger partial charge in [0.05, 0.1) is 0 Å². The molecule has 0 atom stereocenters. The zero-order chi connectivity index (χ0) is 8.73. The molecule has 0 fully saturated rings.